The molecule has 9 heteroatoms. The third kappa shape index (κ3) is 6.50. The molecule has 5 amide bonds. The van der Waals surface area contributed by atoms with Crippen LogP contribution in [0.5, 0.6) is 0 Å². The Kier molecular flexibility index (Phi) is 9.23. The topological polar surface area (TPSA) is 125 Å². The summed E-state index contributed by atoms with van der Waals surface area (Å²) in [6, 6.07) is 7.65. The lowest BCUT2D eigenvalue weighted by Crippen LogP contribution is -2.50. The molecule has 1 saturated heterocycles. The predicted octanol–water partition coefficient (Wildman–Crippen LogP) is 2.71. The zero-order valence-electron chi connectivity index (χ0n) is 21.6. The SMILES string of the molecule is CC(C)[C@H](NC(=O)CC(NC(=O)N(C)C1CCCCC1)c1ccccc1)C(=O)C1C(=O)NC(=O)[C@H]1C. The molecule has 196 valence electrons. The standard InChI is InChI=1S/C27H38N4O5/c1-16(2)23(24(33)22-17(3)25(34)30-26(22)35)29-21(32)15-20(18-11-7-5-8-12-18)28-27(36)31(4)19-13-9-6-10-14-19/h5,7-8,11-12,16-17,19-20,22-23H,6,9-10,13-15H2,1-4H3,(H,28,36)(H,29,32)(H,30,34,35)/t17-,20?,22?,23-/m0/s1. The zero-order chi connectivity index (χ0) is 26.4. The summed E-state index contributed by atoms with van der Waals surface area (Å²) in [6.45, 7) is 5.08. The Morgan fingerprint density at radius 1 is 1.00 bits per heavy atom. The fraction of sp³-hybridized carbons (Fsp3) is 0.593. The van der Waals surface area contributed by atoms with Crippen LogP contribution in [0.2, 0.25) is 0 Å². The lowest BCUT2D eigenvalue weighted by molar-refractivity contribution is -0.137. The van der Waals surface area contributed by atoms with Gasteiger partial charge in [-0.1, -0.05) is 70.4 Å². The van der Waals surface area contributed by atoms with E-state index in [4.69, 9.17) is 0 Å². The molecule has 1 aromatic carbocycles. The van der Waals surface area contributed by atoms with Gasteiger partial charge in [0.1, 0.15) is 5.92 Å². The quantitative estimate of drug-likeness (QED) is 0.357. The summed E-state index contributed by atoms with van der Waals surface area (Å²) in [7, 11) is 1.79. The van der Waals surface area contributed by atoms with Gasteiger partial charge >= 0.3 is 6.03 Å². The average Bonchev–Trinajstić information content (AvgIpc) is 3.12. The van der Waals surface area contributed by atoms with Crippen molar-refractivity contribution in [1.82, 2.24) is 20.9 Å². The van der Waals surface area contributed by atoms with E-state index in [9.17, 15) is 24.0 Å². The monoisotopic (exact) mass is 498 g/mol. The van der Waals surface area contributed by atoms with Crippen molar-refractivity contribution in [3.05, 3.63) is 35.9 Å². The summed E-state index contributed by atoms with van der Waals surface area (Å²) >= 11 is 0. The summed E-state index contributed by atoms with van der Waals surface area (Å²) in [5.74, 6) is -4.22. The third-order valence-corrected chi connectivity index (χ3v) is 7.37. The normalized spacial score (nSPS) is 22.0. The number of imide groups is 1. The molecule has 1 saturated carbocycles. The molecule has 3 N–H and O–H groups in total. The van der Waals surface area contributed by atoms with E-state index in [-0.39, 0.29) is 24.4 Å². The van der Waals surface area contributed by atoms with E-state index in [1.165, 1.54) is 13.3 Å². The van der Waals surface area contributed by atoms with Gasteiger partial charge in [-0.25, -0.2) is 4.79 Å². The maximum atomic E-state index is 13.2. The highest BCUT2D eigenvalue weighted by Crippen LogP contribution is 2.25. The number of carbonyl (C=O) groups is 5. The first-order valence-electron chi connectivity index (χ1n) is 12.9. The highest BCUT2D eigenvalue weighted by atomic mass is 16.2. The van der Waals surface area contributed by atoms with Crippen LogP contribution < -0.4 is 16.0 Å². The average molecular weight is 499 g/mol. The van der Waals surface area contributed by atoms with Gasteiger partial charge in [-0.2, -0.15) is 0 Å². The summed E-state index contributed by atoms with van der Waals surface area (Å²) < 4.78 is 0. The number of carbonyl (C=O) groups excluding carboxylic acids is 5. The van der Waals surface area contributed by atoms with E-state index in [1.54, 1.807) is 25.8 Å². The molecule has 0 bridgehead atoms. The maximum absolute atomic E-state index is 13.2. The molecule has 36 heavy (non-hydrogen) atoms. The zero-order valence-corrected chi connectivity index (χ0v) is 21.6. The van der Waals surface area contributed by atoms with Gasteiger partial charge in [-0.05, 0) is 24.3 Å². The lowest BCUT2D eigenvalue weighted by Gasteiger charge is -2.33. The lowest BCUT2D eigenvalue weighted by atomic mass is 9.85. The minimum atomic E-state index is -1.13. The van der Waals surface area contributed by atoms with Crippen LogP contribution in [0.25, 0.3) is 0 Å². The van der Waals surface area contributed by atoms with Crippen LogP contribution in [0.15, 0.2) is 30.3 Å². The molecule has 1 heterocycles. The van der Waals surface area contributed by atoms with Gasteiger partial charge in [0.25, 0.3) is 0 Å². The molecule has 2 unspecified atom stereocenters. The minimum absolute atomic E-state index is 0.0733. The number of hydrogen-bond donors (Lipinski definition) is 3. The first-order valence-corrected chi connectivity index (χ1v) is 12.9. The first-order chi connectivity index (χ1) is 17.1. The van der Waals surface area contributed by atoms with Crippen molar-refractivity contribution in [3.63, 3.8) is 0 Å². The Hall–Kier alpha value is -3.23. The van der Waals surface area contributed by atoms with E-state index < -0.39 is 47.4 Å². The number of hydrogen-bond acceptors (Lipinski definition) is 5. The molecule has 1 aromatic rings. The third-order valence-electron chi connectivity index (χ3n) is 7.37. The molecular weight excluding hydrogens is 460 g/mol. The van der Waals surface area contributed by atoms with Gasteiger partial charge < -0.3 is 15.5 Å². The summed E-state index contributed by atoms with van der Waals surface area (Å²) in [4.78, 5) is 65.2. The summed E-state index contributed by atoms with van der Waals surface area (Å²) in [5, 5.41) is 7.96. The second-order valence-corrected chi connectivity index (χ2v) is 10.3. The number of nitrogens with zero attached hydrogens (tertiary/aromatic N) is 1. The van der Waals surface area contributed by atoms with Crippen molar-refractivity contribution in [3.8, 4) is 0 Å². The van der Waals surface area contributed by atoms with E-state index in [0.29, 0.717) is 0 Å². The molecule has 0 radical (unpaired) electrons. The molecule has 3 rings (SSSR count). The molecule has 0 spiro atoms. The smallest absolute Gasteiger partial charge is 0.317 e. The number of benzene rings is 1. The van der Waals surface area contributed by atoms with Crippen LogP contribution in [-0.2, 0) is 19.2 Å². The second-order valence-electron chi connectivity index (χ2n) is 10.3. The Morgan fingerprint density at radius 2 is 1.64 bits per heavy atom. The Labute approximate surface area is 212 Å². The minimum Gasteiger partial charge on any atom is -0.346 e. The number of Topliss-reactive ketones (excluding diaryl/α,β-unsaturated/α-hetero) is 1. The van der Waals surface area contributed by atoms with Crippen molar-refractivity contribution in [2.24, 2.45) is 17.8 Å². The van der Waals surface area contributed by atoms with Crippen LogP contribution >= 0.6 is 0 Å². The molecule has 1 aliphatic carbocycles. The number of nitrogens with one attached hydrogen (secondary N) is 3. The molecule has 1 aliphatic heterocycles. The van der Waals surface area contributed by atoms with Crippen molar-refractivity contribution in [1.29, 1.82) is 0 Å². The molecule has 2 fully saturated rings. The van der Waals surface area contributed by atoms with Gasteiger partial charge in [0.2, 0.25) is 17.7 Å². The van der Waals surface area contributed by atoms with Gasteiger partial charge in [-0.3, -0.25) is 24.5 Å². The van der Waals surface area contributed by atoms with Gasteiger partial charge in [0, 0.05) is 13.1 Å². The van der Waals surface area contributed by atoms with Crippen molar-refractivity contribution in [2.75, 3.05) is 7.05 Å². The fourth-order valence-corrected chi connectivity index (χ4v) is 5.07. The fourth-order valence-electron chi connectivity index (χ4n) is 5.07. The summed E-state index contributed by atoms with van der Waals surface area (Å²) in [5.41, 5.74) is 0.778. The Balaban J connectivity index is 1.71. The molecule has 4 atom stereocenters. The Bertz CT molecular complexity index is 974. The van der Waals surface area contributed by atoms with Gasteiger partial charge in [0.05, 0.1) is 24.4 Å². The van der Waals surface area contributed by atoms with Crippen LogP contribution in [-0.4, -0.2) is 53.6 Å². The Morgan fingerprint density at radius 3 is 2.19 bits per heavy atom. The largest absolute Gasteiger partial charge is 0.346 e. The highest BCUT2D eigenvalue weighted by molar-refractivity contribution is 6.16. The number of ketones is 1. The van der Waals surface area contributed by atoms with Gasteiger partial charge in [-0.15, -0.1) is 0 Å². The van der Waals surface area contributed by atoms with Crippen molar-refractivity contribution in [2.45, 2.75) is 77.4 Å². The second kappa shape index (κ2) is 12.1. The molecule has 2 aliphatic rings. The molecule has 9 nitrogen and oxygen atoms in total. The van der Waals surface area contributed by atoms with E-state index >= 15 is 0 Å². The van der Waals surface area contributed by atoms with Crippen LogP contribution in [0.4, 0.5) is 4.79 Å². The van der Waals surface area contributed by atoms with Crippen molar-refractivity contribution >= 4 is 29.5 Å². The first kappa shape index (κ1) is 27.4. The van der Waals surface area contributed by atoms with Gasteiger partial charge in [0.15, 0.2) is 5.78 Å². The molecular formula is C27H38N4O5. The van der Waals surface area contributed by atoms with Crippen LogP contribution in [0.3, 0.4) is 0 Å². The number of amides is 5. The van der Waals surface area contributed by atoms with Crippen molar-refractivity contribution < 1.29 is 24.0 Å². The van der Waals surface area contributed by atoms with E-state index in [2.05, 4.69) is 16.0 Å². The highest BCUT2D eigenvalue weighted by Gasteiger charge is 2.46. The molecule has 0 aromatic heterocycles. The number of rotatable bonds is 9. The van der Waals surface area contributed by atoms with E-state index in [1.807, 2.05) is 30.3 Å². The maximum Gasteiger partial charge on any atom is 0.317 e. The predicted molar refractivity (Wildman–Crippen MR) is 135 cm³/mol. The number of urea groups is 1. The summed E-state index contributed by atoms with van der Waals surface area (Å²) in [6.07, 6.45) is 5.24. The van der Waals surface area contributed by atoms with E-state index in [0.717, 1.165) is 31.2 Å². The van der Waals surface area contributed by atoms with Crippen LogP contribution in [0, 0.1) is 17.8 Å². The van der Waals surface area contributed by atoms with Crippen LogP contribution in [0.1, 0.15) is 70.9 Å².